The molecule has 0 spiro atoms. The predicted molar refractivity (Wildman–Crippen MR) is 102 cm³/mol. The van der Waals surface area contributed by atoms with Crippen LogP contribution in [0, 0.1) is 12.7 Å². The van der Waals surface area contributed by atoms with Crippen molar-refractivity contribution in [2.24, 2.45) is 4.99 Å². The van der Waals surface area contributed by atoms with Gasteiger partial charge < -0.3 is 20.1 Å². The SMILES string of the molecule is CCNC(=NCc1ccc(C)c(F)c1)NCc1cccc(OC)c1OC. The molecule has 5 nitrogen and oxygen atoms in total. The van der Waals surface area contributed by atoms with Crippen LogP contribution >= 0.6 is 0 Å². The Morgan fingerprint density at radius 3 is 2.58 bits per heavy atom. The number of benzene rings is 2. The van der Waals surface area contributed by atoms with Gasteiger partial charge in [-0.2, -0.15) is 0 Å². The van der Waals surface area contributed by atoms with Gasteiger partial charge in [0.05, 0.1) is 20.8 Å². The van der Waals surface area contributed by atoms with E-state index in [-0.39, 0.29) is 5.82 Å². The summed E-state index contributed by atoms with van der Waals surface area (Å²) in [6.07, 6.45) is 0. The molecule has 0 aliphatic rings. The molecule has 0 radical (unpaired) electrons. The Kier molecular flexibility index (Phi) is 7.26. The van der Waals surface area contributed by atoms with Crippen molar-refractivity contribution >= 4 is 5.96 Å². The first-order valence-electron chi connectivity index (χ1n) is 8.56. The molecule has 26 heavy (non-hydrogen) atoms. The Hall–Kier alpha value is -2.76. The van der Waals surface area contributed by atoms with Crippen molar-refractivity contribution in [3.05, 3.63) is 58.9 Å². The van der Waals surface area contributed by atoms with Crippen molar-refractivity contribution in [2.45, 2.75) is 26.9 Å². The molecule has 0 saturated heterocycles. The van der Waals surface area contributed by atoms with Gasteiger partial charge in [-0.15, -0.1) is 0 Å². The second kappa shape index (κ2) is 9.65. The van der Waals surface area contributed by atoms with E-state index in [2.05, 4.69) is 15.6 Å². The van der Waals surface area contributed by atoms with E-state index >= 15 is 0 Å². The van der Waals surface area contributed by atoms with Crippen molar-refractivity contribution in [3.63, 3.8) is 0 Å². The highest BCUT2D eigenvalue weighted by Gasteiger charge is 2.10. The number of aliphatic imine (C=N–C) groups is 1. The highest BCUT2D eigenvalue weighted by Crippen LogP contribution is 2.30. The summed E-state index contributed by atoms with van der Waals surface area (Å²) in [7, 11) is 3.23. The maximum absolute atomic E-state index is 13.7. The minimum Gasteiger partial charge on any atom is -0.493 e. The van der Waals surface area contributed by atoms with Crippen LogP contribution in [-0.4, -0.2) is 26.7 Å². The first-order chi connectivity index (χ1) is 12.6. The third kappa shape index (κ3) is 5.12. The molecular weight excluding hydrogens is 333 g/mol. The smallest absolute Gasteiger partial charge is 0.191 e. The number of hydrogen-bond donors (Lipinski definition) is 2. The zero-order valence-electron chi connectivity index (χ0n) is 15.7. The molecule has 0 saturated carbocycles. The highest BCUT2D eigenvalue weighted by molar-refractivity contribution is 5.79. The number of para-hydroxylation sites is 1. The summed E-state index contributed by atoms with van der Waals surface area (Å²) in [6, 6.07) is 10.9. The van der Waals surface area contributed by atoms with E-state index in [0.717, 1.165) is 17.7 Å². The van der Waals surface area contributed by atoms with E-state index < -0.39 is 0 Å². The number of aryl methyl sites for hydroxylation is 1. The molecule has 2 aromatic rings. The lowest BCUT2D eigenvalue weighted by molar-refractivity contribution is 0.351. The molecule has 2 aromatic carbocycles. The molecule has 0 aliphatic heterocycles. The normalized spacial score (nSPS) is 11.2. The fraction of sp³-hybridized carbons (Fsp3) is 0.350. The molecule has 6 heteroatoms. The minimum atomic E-state index is -0.211. The number of ether oxygens (including phenoxy) is 2. The summed E-state index contributed by atoms with van der Waals surface area (Å²) in [5, 5.41) is 6.46. The Morgan fingerprint density at radius 1 is 1.12 bits per heavy atom. The lowest BCUT2D eigenvalue weighted by atomic mass is 10.1. The lowest BCUT2D eigenvalue weighted by Gasteiger charge is -2.15. The molecular formula is C20H26FN3O2. The van der Waals surface area contributed by atoms with Gasteiger partial charge in [-0.05, 0) is 37.1 Å². The molecule has 0 heterocycles. The Bertz CT molecular complexity index is 763. The van der Waals surface area contributed by atoms with Crippen LogP contribution in [-0.2, 0) is 13.1 Å². The first kappa shape index (κ1) is 19.6. The van der Waals surface area contributed by atoms with Gasteiger partial charge in [-0.1, -0.05) is 24.3 Å². The van der Waals surface area contributed by atoms with Crippen LogP contribution in [0.15, 0.2) is 41.4 Å². The van der Waals surface area contributed by atoms with Crippen LogP contribution in [0.3, 0.4) is 0 Å². The van der Waals surface area contributed by atoms with Gasteiger partial charge in [-0.25, -0.2) is 9.38 Å². The number of halogens is 1. The maximum atomic E-state index is 13.7. The fourth-order valence-electron chi connectivity index (χ4n) is 2.52. The number of nitrogens with one attached hydrogen (secondary N) is 2. The fourth-order valence-corrected chi connectivity index (χ4v) is 2.52. The molecule has 0 unspecified atom stereocenters. The molecule has 0 amide bonds. The highest BCUT2D eigenvalue weighted by atomic mass is 19.1. The van der Waals surface area contributed by atoms with Crippen molar-refractivity contribution in [3.8, 4) is 11.5 Å². The van der Waals surface area contributed by atoms with E-state index in [4.69, 9.17) is 9.47 Å². The molecule has 0 atom stereocenters. The standard InChI is InChI=1S/C20H26FN3O2/c1-5-22-20(23-12-15-10-9-14(2)17(21)11-15)24-13-16-7-6-8-18(25-3)19(16)26-4/h6-11H,5,12-13H2,1-4H3,(H2,22,23,24). The van der Waals surface area contributed by atoms with E-state index in [1.807, 2.05) is 31.2 Å². The van der Waals surface area contributed by atoms with E-state index in [1.165, 1.54) is 6.07 Å². The van der Waals surface area contributed by atoms with Crippen molar-refractivity contribution in [2.75, 3.05) is 20.8 Å². The molecule has 140 valence electrons. The Labute approximate surface area is 154 Å². The zero-order chi connectivity index (χ0) is 18.9. The number of rotatable bonds is 7. The van der Waals surface area contributed by atoms with Gasteiger partial charge in [0.25, 0.3) is 0 Å². The van der Waals surface area contributed by atoms with Crippen molar-refractivity contribution in [1.82, 2.24) is 10.6 Å². The number of guanidine groups is 1. The second-order valence-electron chi connectivity index (χ2n) is 5.78. The summed E-state index contributed by atoms with van der Waals surface area (Å²) < 4.78 is 24.4. The monoisotopic (exact) mass is 359 g/mol. The van der Waals surface area contributed by atoms with Gasteiger partial charge in [0.15, 0.2) is 17.5 Å². The van der Waals surface area contributed by atoms with Crippen LogP contribution in [0.1, 0.15) is 23.6 Å². The first-order valence-corrected chi connectivity index (χ1v) is 8.56. The number of hydrogen-bond acceptors (Lipinski definition) is 3. The van der Waals surface area contributed by atoms with Gasteiger partial charge in [0.1, 0.15) is 5.82 Å². The van der Waals surface area contributed by atoms with E-state index in [1.54, 1.807) is 27.2 Å². The van der Waals surface area contributed by atoms with Gasteiger partial charge in [-0.3, -0.25) is 0 Å². The lowest BCUT2D eigenvalue weighted by Crippen LogP contribution is -2.36. The van der Waals surface area contributed by atoms with Crippen LogP contribution in [0.4, 0.5) is 4.39 Å². The Balaban J connectivity index is 2.09. The van der Waals surface area contributed by atoms with Crippen LogP contribution < -0.4 is 20.1 Å². The topological polar surface area (TPSA) is 54.9 Å². The molecule has 0 bridgehead atoms. The van der Waals surface area contributed by atoms with Crippen molar-refractivity contribution in [1.29, 1.82) is 0 Å². The molecule has 2 N–H and O–H groups in total. The quantitative estimate of drug-likeness (QED) is 0.588. The van der Waals surface area contributed by atoms with Gasteiger partial charge in [0, 0.05) is 18.7 Å². The van der Waals surface area contributed by atoms with Crippen LogP contribution in [0.25, 0.3) is 0 Å². The molecule has 2 rings (SSSR count). The summed E-state index contributed by atoms with van der Waals surface area (Å²) in [6.45, 7) is 5.38. The Morgan fingerprint density at radius 2 is 1.92 bits per heavy atom. The third-order valence-electron chi connectivity index (χ3n) is 3.93. The average Bonchev–Trinajstić information content (AvgIpc) is 2.66. The summed E-state index contributed by atoms with van der Waals surface area (Å²) in [4.78, 5) is 4.52. The zero-order valence-corrected chi connectivity index (χ0v) is 15.7. The molecule has 0 fully saturated rings. The number of nitrogens with zero attached hydrogens (tertiary/aromatic N) is 1. The summed E-state index contributed by atoms with van der Waals surface area (Å²) >= 11 is 0. The third-order valence-corrected chi connectivity index (χ3v) is 3.93. The predicted octanol–water partition coefficient (Wildman–Crippen LogP) is 3.41. The van der Waals surface area contributed by atoms with Crippen LogP contribution in [0.5, 0.6) is 11.5 Å². The van der Waals surface area contributed by atoms with Crippen molar-refractivity contribution < 1.29 is 13.9 Å². The molecule has 0 aliphatic carbocycles. The van der Waals surface area contributed by atoms with E-state index in [0.29, 0.717) is 36.1 Å². The largest absolute Gasteiger partial charge is 0.493 e. The van der Waals surface area contributed by atoms with E-state index in [9.17, 15) is 4.39 Å². The second-order valence-corrected chi connectivity index (χ2v) is 5.78. The molecule has 0 aromatic heterocycles. The van der Waals surface area contributed by atoms with Gasteiger partial charge >= 0.3 is 0 Å². The maximum Gasteiger partial charge on any atom is 0.191 e. The average molecular weight is 359 g/mol. The summed E-state index contributed by atoms with van der Waals surface area (Å²) in [5.74, 6) is 1.82. The van der Waals surface area contributed by atoms with Crippen LogP contribution in [0.2, 0.25) is 0 Å². The van der Waals surface area contributed by atoms with Gasteiger partial charge in [0.2, 0.25) is 0 Å². The minimum absolute atomic E-state index is 0.211. The number of methoxy groups -OCH3 is 2. The summed E-state index contributed by atoms with van der Waals surface area (Å²) in [5.41, 5.74) is 2.41.